The molecule has 4 nitrogen and oxygen atoms in total. The maximum atomic E-state index is 6.98. The average molecular weight is 819 g/mol. The second-order valence-electron chi connectivity index (χ2n) is 18.0. The predicted molar refractivity (Wildman–Crippen MR) is 268 cm³/mol. The molecule has 308 valence electrons. The Hall–Kier alpha value is -7.30. The molecule has 0 N–H and O–H groups in total. The summed E-state index contributed by atoms with van der Waals surface area (Å²) in [5.41, 5.74) is 19.0. The molecule has 0 amide bonds. The summed E-state index contributed by atoms with van der Waals surface area (Å²) in [6.45, 7) is 17.6. The lowest BCUT2D eigenvalue weighted by molar-refractivity contribution is 0.655. The van der Waals surface area contributed by atoms with Gasteiger partial charge in [0.15, 0.2) is 0 Å². The molecule has 2 aromatic heterocycles. The van der Waals surface area contributed by atoms with E-state index in [4.69, 9.17) is 8.83 Å². The molecule has 4 heteroatoms. The molecule has 0 unspecified atom stereocenters. The lowest BCUT2D eigenvalue weighted by atomic mass is 9.93. The van der Waals surface area contributed by atoms with E-state index in [0.29, 0.717) is 0 Å². The minimum Gasteiger partial charge on any atom is -0.456 e. The first-order chi connectivity index (χ1) is 30.5. The van der Waals surface area contributed by atoms with Crippen molar-refractivity contribution in [1.29, 1.82) is 0 Å². The van der Waals surface area contributed by atoms with Gasteiger partial charge in [0.1, 0.15) is 22.3 Å². The number of fused-ring (bicyclic) bond motifs is 8. The monoisotopic (exact) mass is 818 g/mol. The number of nitrogens with zero attached hydrogens (tertiary/aromatic N) is 2. The molecule has 0 aliphatic heterocycles. The van der Waals surface area contributed by atoms with Crippen molar-refractivity contribution >= 4 is 99.5 Å². The first-order valence-corrected chi connectivity index (χ1v) is 22.1. The van der Waals surface area contributed by atoms with Gasteiger partial charge in [-0.15, -0.1) is 0 Å². The largest absolute Gasteiger partial charge is 0.456 e. The van der Waals surface area contributed by atoms with Gasteiger partial charge in [-0.3, -0.25) is 0 Å². The summed E-state index contributed by atoms with van der Waals surface area (Å²) in [4.78, 5) is 4.79. The van der Waals surface area contributed by atoms with Crippen molar-refractivity contribution in [1.82, 2.24) is 0 Å². The molecule has 0 saturated heterocycles. The van der Waals surface area contributed by atoms with E-state index in [1.807, 2.05) is 0 Å². The van der Waals surface area contributed by atoms with Crippen LogP contribution >= 0.6 is 0 Å². The van der Waals surface area contributed by atoms with Gasteiger partial charge in [0, 0.05) is 61.2 Å². The first-order valence-electron chi connectivity index (χ1n) is 22.1. The van der Waals surface area contributed by atoms with E-state index < -0.39 is 0 Å². The standard InChI is InChI=1S/C59H50N2O2/c1-34(2)57-58-49-30-42-22-24-46(61(51-16-12-10-14-38(51)6)53-26-36(4)18-20-40(53)8)28-44(42)32-55(49)62-56(58)33-48-47-29-41-21-23-45(27-43(41)31-54(47)63-59(48)57)60(50-15-11-9-13-37(50)5)52-25-35(3)17-19-39(52)7/h9-34H,1-8H3. The highest BCUT2D eigenvalue weighted by atomic mass is 16.3. The molecule has 63 heavy (non-hydrogen) atoms. The third kappa shape index (κ3) is 6.35. The van der Waals surface area contributed by atoms with Crippen LogP contribution in [0.1, 0.15) is 58.7 Å². The molecule has 0 aliphatic carbocycles. The van der Waals surface area contributed by atoms with Crippen LogP contribution in [0.2, 0.25) is 0 Å². The molecule has 0 saturated carbocycles. The molecule has 11 rings (SSSR count). The van der Waals surface area contributed by atoms with Crippen molar-refractivity contribution in [2.24, 2.45) is 0 Å². The Kier molecular flexibility index (Phi) is 8.99. The van der Waals surface area contributed by atoms with Crippen LogP contribution in [-0.4, -0.2) is 0 Å². The molecule has 0 aliphatic rings. The van der Waals surface area contributed by atoms with Crippen LogP contribution in [0.5, 0.6) is 0 Å². The summed E-state index contributed by atoms with van der Waals surface area (Å²) in [5, 5.41) is 9.01. The minimum absolute atomic E-state index is 0.192. The smallest absolute Gasteiger partial charge is 0.139 e. The number of benzene rings is 9. The maximum Gasteiger partial charge on any atom is 0.139 e. The summed E-state index contributed by atoms with van der Waals surface area (Å²) < 4.78 is 13.9. The number of anilines is 6. The van der Waals surface area contributed by atoms with Gasteiger partial charge in [-0.05, 0) is 181 Å². The Morgan fingerprint density at radius 1 is 0.381 bits per heavy atom. The number of rotatable bonds is 7. The van der Waals surface area contributed by atoms with Crippen molar-refractivity contribution in [3.63, 3.8) is 0 Å². The van der Waals surface area contributed by atoms with Crippen molar-refractivity contribution in [3.05, 3.63) is 191 Å². The zero-order valence-corrected chi connectivity index (χ0v) is 37.2. The molecule has 9 aromatic carbocycles. The fourth-order valence-corrected chi connectivity index (χ4v) is 9.85. The zero-order chi connectivity index (χ0) is 43.3. The third-order valence-corrected chi connectivity index (χ3v) is 13.1. The van der Waals surface area contributed by atoms with Gasteiger partial charge >= 0.3 is 0 Å². The van der Waals surface area contributed by atoms with Crippen molar-refractivity contribution in [2.45, 2.75) is 61.3 Å². The Balaban J connectivity index is 1.06. The van der Waals surface area contributed by atoms with Crippen LogP contribution in [0.3, 0.4) is 0 Å². The topological polar surface area (TPSA) is 32.8 Å². The van der Waals surface area contributed by atoms with E-state index in [1.54, 1.807) is 0 Å². The number of furan rings is 2. The maximum absolute atomic E-state index is 6.98. The molecule has 0 radical (unpaired) electrons. The fourth-order valence-electron chi connectivity index (χ4n) is 9.85. The highest BCUT2D eigenvalue weighted by molar-refractivity contribution is 6.20. The predicted octanol–water partition coefficient (Wildman–Crippen LogP) is 17.7. The Bertz CT molecular complexity index is 3520. The molecule has 0 atom stereocenters. The van der Waals surface area contributed by atoms with Crippen LogP contribution in [0.25, 0.3) is 65.4 Å². The average Bonchev–Trinajstić information content (AvgIpc) is 3.81. The van der Waals surface area contributed by atoms with Gasteiger partial charge < -0.3 is 18.6 Å². The lowest BCUT2D eigenvalue weighted by Gasteiger charge is -2.29. The molecule has 11 aromatic rings. The molecular weight excluding hydrogens is 769 g/mol. The number of hydrogen-bond acceptors (Lipinski definition) is 4. The van der Waals surface area contributed by atoms with Crippen molar-refractivity contribution in [2.75, 3.05) is 9.80 Å². The summed E-state index contributed by atoms with van der Waals surface area (Å²) in [6.07, 6.45) is 0. The van der Waals surface area contributed by atoms with Gasteiger partial charge in [0.05, 0.1) is 0 Å². The van der Waals surface area contributed by atoms with E-state index in [-0.39, 0.29) is 5.92 Å². The highest BCUT2D eigenvalue weighted by Gasteiger charge is 2.24. The summed E-state index contributed by atoms with van der Waals surface area (Å²) >= 11 is 0. The summed E-state index contributed by atoms with van der Waals surface area (Å²) in [6, 6.07) is 55.5. The normalized spacial score (nSPS) is 12.0. The van der Waals surface area contributed by atoms with Crippen molar-refractivity contribution in [3.8, 4) is 0 Å². The quantitative estimate of drug-likeness (QED) is 0.160. The summed E-state index contributed by atoms with van der Waals surface area (Å²) in [5.74, 6) is 0.192. The van der Waals surface area contributed by atoms with Crippen molar-refractivity contribution < 1.29 is 8.83 Å². The van der Waals surface area contributed by atoms with Crippen LogP contribution < -0.4 is 9.80 Å². The molecular formula is C59H50N2O2. The van der Waals surface area contributed by atoms with E-state index in [1.165, 1.54) is 67.1 Å². The van der Waals surface area contributed by atoms with Crippen LogP contribution in [-0.2, 0) is 0 Å². The molecule has 0 fully saturated rings. The SMILES string of the molecule is Cc1ccc(C)c(N(c2ccc3cc4c(cc3c2)oc2c(C(C)C)c3c(cc24)oc2cc4cc(N(c5ccccc5C)c5cc(C)ccc5C)ccc4cc23)c2ccccc2C)c1. The van der Waals surface area contributed by atoms with Crippen LogP contribution in [0.15, 0.2) is 160 Å². The van der Waals surface area contributed by atoms with E-state index in [2.05, 4.69) is 217 Å². The van der Waals surface area contributed by atoms with Gasteiger partial charge in [-0.1, -0.05) is 86.6 Å². The fraction of sp³-hybridized carbons (Fsp3) is 0.153. The van der Waals surface area contributed by atoms with Crippen LogP contribution in [0, 0.1) is 41.5 Å². The number of hydrogen-bond donors (Lipinski definition) is 0. The Morgan fingerprint density at radius 3 is 1.40 bits per heavy atom. The van der Waals surface area contributed by atoms with Gasteiger partial charge in [-0.25, -0.2) is 0 Å². The molecule has 0 bridgehead atoms. The Morgan fingerprint density at radius 2 is 0.873 bits per heavy atom. The van der Waals surface area contributed by atoms with Crippen LogP contribution in [0.4, 0.5) is 34.1 Å². The molecule has 0 spiro atoms. The summed E-state index contributed by atoms with van der Waals surface area (Å²) in [7, 11) is 0. The van der Waals surface area contributed by atoms with Gasteiger partial charge in [0.2, 0.25) is 0 Å². The van der Waals surface area contributed by atoms with E-state index in [9.17, 15) is 0 Å². The zero-order valence-electron chi connectivity index (χ0n) is 37.2. The minimum atomic E-state index is 0.192. The van der Waals surface area contributed by atoms with E-state index in [0.717, 1.165) is 71.4 Å². The lowest BCUT2D eigenvalue weighted by Crippen LogP contribution is -2.12. The van der Waals surface area contributed by atoms with Gasteiger partial charge in [-0.2, -0.15) is 0 Å². The second-order valence-corrected chi connectivity index (χ2v) is 18.0. The molecule has 2 heterocycles. The third-order valence-electron chi connectivity index (χ3n) is 13.1. The number of aryl methyl sites for hydroxylation is 6. The number of para-hydroxylation sites is 2. The highest BCUT2D eigenvalue weighted by Crippen LogP contribution is 2.47. The second kappa shape index (κ2) is 14.7. The first kappa shape index (κ1) is 38.6. The van der Waals surface area contributed by atoms with E-state index >= 15 is 0 Å². The van der Waals surface area contributed by atoms with Gasteiger partial charge in [0.25, 0.3) is 0 Å². The Labute approximate surface area is 368 Å².